The molecule has 3 heteroatoms. The largest absolute Gasteiger partial charge is 0.513 e. The maximum Gasteiger partial charge on any atom is 0.303 e. The van der Waals surface area contributed by atoms with Gasteiger partial charge in [-0.15, -0.1) is 0 Å². The van der Waals surface area contributed by atoms with Gasteiger partial charge in [0.2, 0.25) is 0 Å². The van der Waals surface area contributed by atoms with E-state index in [-0.39, 0.29) is 12.2 Å². The fourth-order valence-corrected chi connectivity index (χ4v) is 2.00. The number of carboxylic acids is 1. The van der Waals surface area contributed by atoms with Crippen LogP contribution in [0.5, 0.6) is 0 Å². The van der Waals surface area contributed by atoms with Gasteiger partial charge in [0.25, 0.3) is 0 Å². The van der Waals surface area contributed by atoms with E-state index in [1.54, 1.807) is 6.08 Å². The van der Waals surface area contributed by atoms with E-state index in [2.05, 4.69) is 25.2 Å². The normalized spacial score (nSPS) is 12.8. The van der Waals surface area contributed by atoms with Gasteiger partial charge < -0.3 is 10.2 Å². The third-order valence-corrected chi connectivity index (χ3v) is 3.34. The van der Waals surface area contributed by atoms with Crippen molar-refractivity contribution in [2.24, 2.45) is 0 Å². The molecule has 2 N–H and O–H groups in total. The number of carbonyl (C=O) groups is 1. The summed E-state index contributed by atoms with van der Waals surface area (Å²) >= 11 is 0. The Morgan fingerprint density at radius 1 is 0.826 bits per heavy atom. The maximum atomic E-state index is 10.3. The van der Waals surface area contributed by atoms with Crippen molar-refractivity contribution in [1.82, 2.24) is 0 Å². The fraction of sp³-hybridized carbons (Fsp3) is 0.550. The maximum absolute atomic E-state index is 10.3. The third-order valence-electron chi connectivity index (χ3n) is 3.34. The van der Waals surface area contributed by atoms with Crippen LogP contribution in [0.4, 0.5) is 0 Å². The second-order valence-electron chi connectivity index (χ2n) is 5.58. The Kier molecular flexibility index (Phi) is 15.3. The molecule has 0 aromatic rings. The van der Waals surface area contributed by atoms with E-state index in [0.29, 0.717) is 19.3 Å². The molecule has 0 rings (SSSR count). The number of allylic oxidation sites excluding steroid dienone is 8. The number of hydrogen-bond acceptors (Lipinski definition) is 2. The van der Waals surface area contributed by atoms with E-state index in [0.717, 1.165) is 12.8 Å². The molecule has 0 amide bonds. The number of carboxylic acid groups (broad SMARTS) is 1. The molecule has 0 aliphatic heterocycles. The van der Waals surface area contributed by atoms with Crippen LogP contribution >= 0.6 is 0 Å². The van der Waals surface area contributed by atoms with Crippen molar-refractivity contribution >= 4 is 5.97 Å². The van der Waals surface area contributed by atoms with E-state index in [1.165, 1.54) is 25.7 Å². The number of rotatable bonds is 14. The Morgan fingerprint density at radius 2 is 1.52 bits per heavy atom. The molecule has 0 aromatic heterocycles. The standard InChI is InChI=1S/C20H32O3/c1-2-3-4-5-6-7-8-9-10-11-12-13-14-16-19(21)17-15-18-20(22)23/h6-7,10-13,16,21H,2-5,8-9,14-15,17-18H2,1H3,(H,22,23). The second-order valence-corrected chi connectivity index (χ2v) is 5.58. The minimum atomic E-state index is -0.821. The number of aliphatic hydroxyl groups is 1. The summed E-state index contributed by atoms with van der Waals surface area (Å²) in [6.07, 6.45) is 23.3. The van der Waals surface area contributed by atoms with E-state index in [1.807, 2.05) is 18.2 Å². The van der Waals surface area contributed by atoms with E-state index in [4.69, 9.17) is 5.11 Å². The van der Waals surface area contributed by atoms with Gasteiger partial charge in [0.05, 0.1) is 5.76 Å². The first kappa shape index (κ1) is 21.2. The van der Waals surface area contributed by atoms with Crippen molar-refractivity contribution in [3.05, 3.63) is 48.3 Å². The zero-order valence-corrected chi connectivity index (χ0v) is 14.4. The molecule has 23 heavy (non-hydrogen) atoms. The molecule has 0 spiro atoms. The summed E-state index contributed by atoms with van der Waals surface area (Å²) in [6.45, 7) is 2.22. The SMILES string of the molecule is CCCCCC=CCCC=CC=CCC=C(O)CCCC(=O)O. The first-order valence-corrected chi connectivity index (χ1v) is 8.73. The van der Waals surface area contributed by atoms with E-state index in [9.17, 15) is 9.90 Å². The average Bonchev–Trinajstić information content (AvgIpc) is 2.51. The predicted molar refractivity (Wildman–Crippen MR) is 97.6 cm³/mol. The van der Waals surface area contributed by atoms with Crippen molar-refractivity contribution in [2.75, 3.05) is 0 Å². The monoisotopic (exact) mass is 320 g/mol. The van der Waals surface area contributed by atoms with Crippen molar-refractivity contribution in [1.29, 1.82) is 0 Å². The van der Waals surface area contributed by atoms with Crippen LogP contribution < -0.4 is 0 Å². The summed E-state index contributed by atoms with van der Waals surface area (Å²) in [7, 11) is 0. The average molecular weight is 320 g/mol. The molecule has 0 aliphatic rings. The lowest BCUT2D eigenvalue weighted by atomic mass is 10.2. The lowest BCUT2D eigenvalue weighted by molar-refractivity contribution is -0.137. The Hall–Kier alpha value is -1.77. The molecule has 3 nitrogen and oxygen atoms in total. The summed E-state index contributed by atoms with van der Waals surface area (Å²) in [6, 6.07) is 0. The fourth-order valence-electron chi connectivity index (χ4n) is 2.00. The zero-order chi connectivity index (χ0) is 17.2. The molecule has 0 saturated heterocycles. The summed E-state index contributed by atoms with van der Waals surface area (Å²) in [5, 5.41) is 18.0. The van der Waals surface area contributed by atoms with Crippen LogP contribution in [-0.2, 0) is 4.79 Å². The molecule has 0 unspecified atom stereocenters. The molecule has 0 atom stereocenters. The molecule has 0 aliphatic carbocycles. The molecule has 0 fully saturated rings. The van der Waals surface area contributed by atoms with Gasteiger partial charge in [0.1, 0.15) is 0 Å². The molecule has 0 radical (unpaired) electrons. The zero-order valence-electron chi connectivity index (χ0n) is 14.4. The highest BCUT2D eigenvalue weighted by Crippen LogP contribution is 2.05. The van der Waals surface area contributed by atoms with Crippen LogP contribution in [0.3, 0.4) is 0 Å². The quantitative estimate of drug-likeness (QED) is 0.176. The molecule has 130 valence electrons. The Bertz CT molecular complexity index is 403. The van der Waals surface area contributed by atoms with Crippen LogP contribution in [-0.4, -0.2) is 16.2 Å². The van der Waals surface area contributed by atoms with Crippen LogP contribution in [0.15, 0.2) is 48.3 Å². The molecular formula is C20H32O3. The smallest absolute Gasteiger partial charge is 0.303 e. The van der Waals surface area contributed by atoms with Crippen molar-refractivity contribution in [3.63, 3.8) is 0 Å². The third kappa shape index (κ3) is 18.2. The summed E-state index contributed by atoms with van der Waals surface area (Å²) in [4.78, 5) is 10.3. The van der Waals surface area contributed by atoms with Crippen LogP contribution in [0, 0.1) is 0 Å². The summed E-state index contributed by atoms with van der Waals surface area (Å²) in [5.74, 6) is -0.549. The molecular weight excluding hydrogens is 288 g/mol. The van der Waals surface area contributed by atoms with Gasteiger partial charge in [-0.05, 0) is 44.6 Å². The molecule has 0 saturated carbocycles. The van der Waals surface area contributed by atoms with Gasteiger partial charge in [0, 0.05) is 12.8 Å². The van der Waals surface area contributed by atoms with Crippen LogP contribution in [0.2, 0.25) is 0 Å². The number of aliphatic carboxylic acids is 1. The van der Waals surface area contributed by atoms with E-state index >= 15 is 0 Å². The first-order valence-electron chi connectivity index (χ1n) is 8.73. The molecule has 0 heterocycles. The van der Waals surface area contributed by atoms with Gasteiger partial charge in [0.15, 0.2) is 0 Å². The van der Waals surface area contributed by atoms with Crippen LogP contribution in [0.1, 0.15) is 71.1 Å². The van der Waals surface area contributed by atoms with Gasteiger partial charge in [-0.3, -0.25) is 4.79 Å². The summed E-state index contributed by atoms with van der Waals surface area (Å²) in [5.41, 5.74) is 0. The highest BCUT2D eigenvalue weighted by atomic mass is 16.4. The minimum Gasteiger partial charge on any atom is -0.513 e. The molecule has 0 bridgehead atoms. The van der Waals surface area contributed by atoms with Crippen molar-refractivity contribution in [2.45, 2.75) is 71.1 Å². The van der Waals surface area contributed by atoms with Crippen molar-refractivity contribution in [3.8, 4) is 0 Å². The highest BCUT2D eigenvalue weighted by Gasteiger charge is 1.98. The van der Waals surface area contributed by atoms with Gasteiger partial charge >= 0.3 is 5.97 Å². The topological polar surface area (TPSA) is 57.5 Å². The predicted octanol–water partition coefficient (Wildman–Crippen LogP) is 6.10. The molecule has 0 aromatic carbocycles. The van der Waals surface area contributed by atoms with Crippen LogP contribution in [0.25, 0.3) is 0 Å². The van der Waals surface area contributed by atoms with Gasteiger partial charge in [-0.2, -0.15) is 0 Å². The van der Waals surface area contributed by atoms with E-state index < -0.39 is 5.97 Å². The minimum absolute atomic E-state index is 0.101. The Labute approximate surface area is 141 Å². The lowest BCUT2D eigenvalue weighted by Crippen LogP contribution is -1.94. The highest BCUT2D eigenvalue weighted by molar-refractivity contribution is 5.66. The Balaban J connectivity index is 3.59. The van der Waals surface area contributed by atoms with Gasteiger partial charge in [-0.25, -0.2) is 0 Å². The second kappa shape index (κ2) is 16.6. The van der Waals surface area contributed by atoms with Gasteiger partial charge in [-0.1, -0.05) is 56.2 Å². The lowest BCUT2D eigenvalue weighted by Gasteiger charge is -1.96. The number of hydrogen-bond donors (Lipinski definition) is 2. The first-order chi connectivity index (χ1) is 11.2. The summed E-state index contributed by atoms with van der Waals surface area (Å²) < 4.78 is 0. The Morgan fingerprint density at radius 3 is 2.26 bits per heavy atom. The number of unbranched alkanes of at least 4 members (excludes halogenated alkanes) is 4. The van der Waals surface area contributed by atoms with Crippen molar-refractivity contribution < 1.29 is 15.0 Å². The number of aliphatic hydroxyl groups excluding tert-OH is 1.